The summed E-state index contributed by atoms with van der Waals surface area (Å²) in [6, 6.07) is 2.04. The Morgan fingerprint density at radius 3 is 3.00 bits per heavy atom. The second-order valence-corrected chi connectivity index (χ2v) is 5.06. The lowest BCUT2D eigenvalue weighted by molar-refractivity contribution is 0.893. The molecular weight excluding hydrogens is 272 g/mol. The molecule has 0 radical (unpaired) electrons. The standard InChI is InChI=1S/C11H11BrN2S/c1-2-3-10-7-15-11(14-10)8-4-9(12)6-13-5-8/h4-7H,2-3H2,1H3. The summed E-state index contributed by atoms with van der Waals surface area (Å²) in [7, 11) is 0. The number of pyridine rings is 1. The topological polar surface area (TPSA) is 25.8 Å². The molecule has 0 aliphatic carbocycles. The van der Waals surface area contributed by atoms with E-state index in [1.165, 1.54) is 5.69 Å². The Hall–Kier alpha value is -0.740. The largest absolute Gasteiger partial charge is 0.263 e. The molecule has 2 nitrogen and oxygen atoms in total. The minimum Gasteiger partial charge on any atom is -0.263 e. The lowest BCUT2D eigenvalue weighted by Gasteiger charge is -1.95. The predicted octanol–water partition coefficient (Wildman–Crippen LogP) is 3.92. The van der Waals surface area contributed by atoms with Crippen molar-refractivity contribution in [1.82, 2.24) is 9.97 Å². The zero-order chi connectivity index (χ0) is 10.7. The fraction of sp³-hybridized carbons (Fsp3) is 0.273. The van der Waals surface area contributed by atoms with Gasteiger partial charge in [-0.25, -0.2) is 4.98 Å². The van der Waals surface area contributed by atoms with E-state index < -0.39 is 0 Å². The molecule has 0 spiro atoms. The van der Waals surface area contributed by atoms with E-state index in [4.69, 9.17) is 0 Å². The third-order valence-electron chi connectivity index (χ3n) is 2.01. The number of rotatable bonds is 3. The highest BCUT2D eigenvalue weighted by molar-refractivity contribution is 9.10. The van der Waals surface area contributed by atoms with Crippen LogP contribution in [0.1, 0.15) is 19.0 Å². The van der Waals surface area contributed by atoms with Crippen LogP contribution in [0.15, 0.2) is 28.3 Å². The van der Waals surface area contributed by atoms with Gasteiger partial charge in [0.05, 0.1) is 5.69 Å². The Kier molecular flexibility index (Phi) is 3.49. The van der Waals surface area contributed by atoms with Crippen molar-refractivity contribution in [2.75, 3.05) is 0 Å². The number of aromatic nitrogens is 2. The van der Waals surface area contributed by atoms with E-state index in [-0.39, 0.29) is 0 Å². The van der Waals surface area contributed by atoms with Gasteiger partial charge in [0.2, 0.25) is 0 Å². The van der Waals surface area contributed by atoms with E-state index >= 15 is 0 Å². The Balaban J connectivity index is 2.29. The first-order valence-corrected chi connectivity index (χ1v) is 6.52. The number of hydrogen-bond acceptors (Lipinski definition) is 3. The average Bonchev–Trinajstić information content (AvgIpc) is 2.67. The summed E-state index contributed by atoms with van der Waals surface area (Å²) in [5, 5.41) is 3.17. The van der Waals surface area contributed by atoms with Crippen molar-refractivity contribution in [2.45, 2.75) is 19.8 Å². The summed E-state index contributed by atoms with van der Waals surface area (Å²) in [4.78, 5) is 8.70. The molecule has 0 N–H and O–H groups in total. The van der Waals surface area contributed by atoms with Crippen LogP contribution >= 0.6 is 27.3 Å². The third kappa shape index (κ3) is 2.63. The zero-order valence-corrected chi connectivity index (χ0v) is 10.8. The summed E-state index contributed by atoms with van der Waals surface area (Å²) < 4.78 is 0.993. The number of hydrogen-bond donors (Lipinski definition) is 0. The Labute approximate surface area is 102 Å². The molecule has 2 aromatic heterocycles. The van der Waals surface area contributed by atoms with Gasteiger partial charge in [-0.2, -0.15) is 0 Å². The van der Waals surface area contributed by atoms with Gasteiger partial charge in [-0.05, 0) is 28.4 Å². The van der Waals surface area contributed by atoms with Crippen LogP contribution in [0.5, 0.6) is 0 Å². The third-order valence-corrected chi connectivity index (χ3v) is 3.38. The maximum Gasteiger partial charge on any atom is 0.125 e. The van der Waals surface area contributed by atoms with Crippen molar-refractivity contribution in [2.24, 2.45) is 0 Å². The number of thiazole rings is 1. The minimum atomic E-state index is 0.993. The number of nitrogens with zero attached hydrogens (tertiary/aromatic N) is 2. The quantitative estimate of drug-likeness (QED) is 0.853. The van der Waals surface area contributed by atoms with E-state index in [0.29, 0.717) is 0 Å². The normalized spacial score (nSPS) is 10.5. The minimum absolute atomic E-state index is 0.993. The fourth-order valence-electron chi connectivity index (χ4n) is 1.34. The Bertz CT molecular complexity index is 453. The summed E-state index contributed by atoms with van der Waals surface area (Å²) in [5.41, 5.74) is 2.26. The molecule has 0 unspecified atom stereocenters. The van der Waals surface area contributed by atoms with Gasteiger partial charge in [0, 0.05) is 27.8 Å². The molecule has 15 heavy (non-hydrogen) atoms. The second-order valence-electron chi connectivity index (χ2n) is 3.29. The molecule has 0 aromatic carbocycles. The molecule has 4 heteroatoms. The van der Waals surface area contributed by atoms with Crippen LogP contribution in [-0.4, -0.2) is 9.97 Å². The molecule has 78 valence electrons. The first-order valence-electron chi connectivity index (χ1n) is 4.85. The summed E-state index contributed by atoms with van der Waals surface area (Å²) in [6.45, 7) is 2.17. The lowest BCUT2D eigenvalue weighted by atomic mass is 10.3. The monoisotopic (exact) mass is 282 g/mol. The highest BCUT2D eigenvalue weighted by Gasteiger charge is 2.04. The molecule has 0 atom stereocenters. The molecule has 2 aromatic rings. The zero-order valence-electron chi connectivity index (χ0n) is 8.40. The van der Waals surface area contributed by atoms with E-state index in [1.807, 2.05) is 12.3 Å². The molecule has 0 aliphatic heterocycles. The predicted molar refractivity (Wildman–Crippen MR) is 67.0 cm³/mol. The Morgan fingerprint density at radius 1 is 1.40 bits per heavy atom. The molecule has 0 fully saturated rings. The first-order chi connectivity index (χ1) is 7.29. The van der Waals surface area contributed by atoms with Gasteiger partial charge in [-0.1, -0.05) is 13.3 Å². The highest BCUT2D eigenvalue weighted by Crippen LogP contribution is 2.25. The first kappa shape index (κ1) is 10.8. The van der Waals surface area contributed by atoms with Crippen LogP contribution in [0, 0.1) is 0 Å². The summed E-state index contributed by atoms with van der Waals surface area (Å²) in [6.07, 6.45) is 5.82. The van der Waals surface area contributed by atoms with Crippen LogP contribution in [0.4, 0.5) is 0 Å². The SMILES string of the molecule is CCCc1csc(-c2cncc(Br)c2)n1. The average molecular weight is 283 g/mol. The second kappa shape index (κ2) is 4.86. The molecule has 2 heterocycles. The van der Waals surface area contributed by atoms with Crippen molar-refractivity contribution >= 4 is 27.3 Å². The van der Waals surface area contributed by atoms with E-state index in [0.717, 1.165) is 27.9 Å². The van der Waals surface area contributed by atoms with Crippen LogP contribution in [-0.2, 0) is 6.42 Å². The van der Waals surface area contributed by atoms with Gasteiger partial charge in [-0.3, -0.25) is 4.98 Å². The highest BCUT2D eigenvalue weighted by atomic mass is 79.9. The van der Waals surface area contributed by atoms with Gasteiger partial charge in [0.15, 0.2) is 0 Å². The van der Waals surface area contributed by atoms with Gasteiger partial charge in [0.25, 0.3) is 0 Å². The maximum absolute atomic E-state index is 4.57. The van der Waals surface area contributed by atoms with E-state index in [9.17, 15) is 0 Å². The molecule has 0 bridgehead atoms. The maximum atomic E-state index is 4.57. The van der Waals surface area contributed by atoms with Gasteiger partial charge < -0.3 is 0 Å². The molecule has 0 saturated carbocycles. The molecule has 2 rings (SSSR count). The molecule has 0 aliphatic rings. The number of halogens is 1. The molecule has 0 saturated heterocycles. The van der Waals surface area contributed by atoms with Gasteiger partial charge in [0.1, 0.15) is 5.01 Å². The summed E-state index contributed by atoms with van der Waals surface area (Å²) >= 11 is 5.09. The van der Waals surface area contributed by atoms with Crippen LogP contribution < -0.4 is 0 Å². The van der Waals surface area contributed by atoms with Crippen LogP contribution in [0.25, 0.3) is 10.6 Å². The van der Waals surface area contributed by atoms with Gasteiger partial charge >= 0.3 is 0 Å². The van der Waals surface area contributed by atoms with Crippen molar-refractivity contribution in [3.63, 3.8) is 0 Å². The number of aryl methyl sites for hydroxylation is 1. The lowest BCUT2D eigenvalue weighted by Crippen LogP contribution is -1.84. The van der Waals surface area contributed by atoms with Crippen molar-refractivity contribution in [3.05, 3.63) is 34.0 Å². The van der Waals surface area contributed by atoms with Gasteiger partial charge in [-0.15, -0.1) is 11.3 Å². The van der Waals surface area contributed by atoms with Crippen molar-refractivity contribution < 1.29 is 0 Å². The fourth-order valence-corrected chi connectivity index (χ4v) is 2.54. The van der Waals surface area contributed by atoms with Crippen LogP contribution in [0.3, 0.4) is 0 Å². The van der Waals surface area contributed by atoms with E-state index in [2.05, 4.69) is 38.2 Å². The van der Waals surface area contributed by atoms with Crippen molar-refractivity contribution in [3.8, 4) is 10.6 Å². The smallest absolute Gasteiger partial charge is 0.125 e. The van der Waals surface area contributed by atoms with E-state index in [1.54, 1.807) is 17.5 Å². The van der Waals surface area contributed by atoms with Crippen LogP contribution in [0.2, 0.25) is 0 Å². The molecular formula is C11H11BrN2S. The van der Waals surface area contributed by atoms with Crippen molar-refractivity contribution in [1.29, 1.82) is 0 Å². The Morgan fingerprint density at radius 2 is 2.27 bits per heavy atom. The summed E-state index contributed by atoms with van der Waals surface area (Å²) in [5.74, 6) is 0. The molecule has 0 amide bonds.